The van der Waals surface area contributed by atoms with Crippen LogP contribution in [0.15, 0.2) is 60.7 Å². The zero-order chi connectivity index (χ0) is 16.5. The van der Waals surface area contributed by atoms with Gasteiger partial charge < -0.3 is 5.32 Å². The molecule has 2 aromatic rings. The Labute approximate surface area is 140 Å². The number of benzene rings is 2. The molecule has 4 heteroatoms. The molecule has 0 saturated heterocycles. The van der Waals surface area contributed by atoms with Gasteiger partial charge in [-0.05, 0) is 36.8 Å². The molecule has 0 unspecified atom stereocenters. The molecule has 1 N–H and O–H groups in total. The molecule has 1 amide bonds. The molecular weight excluding hydrogens is 306 g/mol. The summed E-state index contributed by atoms with van der Waals surface area (Å²) in [7, 11) is 0. The number of ketones is 1. The van der Waals surface area contributed by atoms with Crippen LogP contribution < -0.4 is 5.32 Å². The number of anilines is 1. The first-order chi connectivity index (χ1) is 11.1. The van der Waals surface area contributed by atoms with Gasteiger partial charge in [-0.25, -0.2) is 0 Å². The molecule has 0 aliphatic heterocycles. The second-order valence-electron chi connectivity index (χ2n) is 5.01. The van der Waals surface area contributed by atoms with E-state index in [9.17, 15) is 9.59 Å². The van der Waals surface area contributed by atoms with Crippen molar-refractivity contribution >= 4 is 35.2 Å². The van der Waals surface area contributed by atoms with Crippen LogP contribution in [0.25, 0.3) is 6.08 Å². The summed E-state index contributed by atoms with van der Waals surface area (Å²) < 4.78 is 0. The third kappa shape index (κ3) is 6.12. The second-order valence-corrected chi connectivity index (χ2v) is 6.04. The van der Waals surface area contributed by atoms with Crippen molar-refractivity contribution in [2.24, 2.45) is 0 Å². The fourth-order valence-electron chi connectivity index (χ4n) is 1.95. The minimum atomic E-state index is -0.0429. The summed E-state index contributed by atoms with van der Waals surface area (Å²) in [5, 5.41) is 2.82. The van der Waals surface area contributed by atoms with Crippen LogP contribution in [-0.2, 0) is 4.79 Å². The quantitative estimate of drug-likeness (QED) is 0.611. The van der Waals surface area contributed by atoms with E-state index in [1.54, 1.807) is 36.0 Å². The van der Waals surface area contributed by atoms with Gasteiger partial charge >= 0.3 is 0 Å². The number of thioether (sulfide) groups is 1. The van der Waals surface area contributed by atoms with Gasteiger partial charge in [-0.2, -0.15) is 0 Å². The predicted molar refractivity (Wildman–Crippen MR) is 97.9 cm³/mol. The van der Waals surface area contributed by atoms with Crippen molar-refractivity contribution in [1.29, 1.82) is 0 Å². The van der Waals surface area contributed by atoms with Crippen molar-refractivity contribution in [2.45, 2.75) is 6.92 Å². The maximum absolute atomic E-state index is 11.8. The number of hydrogen-bond acceptors (Lipinski definition) is 3. The molecule has 23 heavy (non-hydrogen) atoms. The molecule has 0 aromatic heterocycles. The number of carbonyl (C=O) groups excluding carboxylic acids is 2. The van der Waals surface area contributed by atoms with E-state index in [0.29, 0.717) is 17.0 Å². The molecular formula is C19H19NO2S. The van der Waals surface area contributed by atoms with Crippen molar-refractivity contribution in [3.63, 3.8) is 0 Å². The minimum absolute atomic E-state index is 0.0173. The molecule has 0 fully saturated rings. The van der Waals surface area contributed by atoms with Crippen LogP contribution >= 0.6 is 11.8 Å². The summed E-state index contributed by atoms with van der Waals surface area (Å²) in [6, 6.07) is 17.0. The molecule has 3 nitrogen and oxygen atoms in total. The van der Waals surface area contributed by atoms with E-state index >= 15 is 0 Å². The molecule has 0 radical (unpaired) electrons. The third-order valence-corrected chi connectivity index (χ3v) is 4.03. The van der Waals surface area contributed by atoms with E-state index in [0.717, 1.165) is 11.3 Å². The summed E-state index contributed by atoms with van der Waals surface area (Å²) in [5.74, 6) is 1.15. The number of rotatable bonds is 7. The molecule has 0 aliphatic rings. The zero-order valence-electron chi connectivity index (χ0n) is 13.0. The molecule has 0 spiro atoms. The van der Waals surface area contributed by atoms with E-state index < -0.39 is 0 Å². The first-order valence-electron chi connectivity index (χ1n) is 7.35. The Balaban J connectivity index is 1.71. The number of amides is 1. The van der Waals surface area contributed by atoms with E-state index in [1.165, 1.54) is 6.92 Å². The van der Waals surface area contributed by atoms with Crippen LogP contribution in [-0.4, -0.2) is 23.2 Å². The van der Waals surface area contributed by atoms with Gasteiger partial charge in [0.25, 0.3) is 0 Å². The maximum Gasteiger partial charge on any atom is 0.234 e. The molecule has 2 rings (SSSR count). The number of carbonyl (C=O) groups is 2. The molecule has 0 saturated carbocycles. The Morgan fingerprint density at radius 1 is 1.04 bits per heavy atom. The predicted octanol–water partition coefficient (Wildman–Crippen LogP) is 4.27. The first kappa shape index (κ1) is 17.0. The SMILES string of the molecule is CC(=O)c1ccc(NC(=O)CSC/C=C/c2ccccc2)cc1. The lowest BCUT2D eigenvalue weighted by atomic mass is 10.1. The lowest BCUT2D eigenvalue weighted by Gasteiger charge is -2.05. The van der Waals surface area contributed by atoms with Crippen LogP contribution in [0.3, 0.4) is 0 Å². The fourth-order valence-corrected chi connectivity index (χ4v) is 2.56. The highest BCUT2D eigenvalue weighted by Crippen LogP contribution is 2.11. The summed E-state index contributed by atoms with van der Waals surface area (Å²) >= 11 is 1.55. The molecule has 0 aliphatic carbocycles. The van der Waals surface area contributed by atoms with Gasteiger partial charge in [0.15, 0.2) is 5.78 Å². The fraction of sp³-hybridized carbons (Fsp3) is 0.158. The van der Waals surface area contributed by atoms with E-state index in [-0.39, 0.29) is 11.7 Å². The Hall–Kier alpha value is -2.33. The van der Waals surface area contributed by atoms with Gasteiger partial charge in [-0.1, -0.05) is 42.5 Å². The largest absolute Gasteiger partial charge is 0.325 e. The van der Waals surface area contributed by atoms with E-state index in [4.69, 9.17) is 0 Å². The summed E-state index contributed by atoms with van der Waals surface area (Å²) in [6.45, 7) is 1.52. The van der Waals surface area contributed by atoms with E-state index in [2.05, 4.69) is 11.4 Å². The molecule has 0 bridgehead atoms. The van der Waals surface area contributed by atoms with Crippen LogP contribution in [0, 0.1) is 0 Å². The van der Waals surface area contributed by atoms with Crippen LogP contribution in [0.4, 0.5) is 5.69 Å². The average Bonchev–Trinajstić information content (AvgIpc) is 2.56. The van der Waals surface area contributed by atoms with Crippen molar-refractivity contribution in [3.8, 4) is 0 Å². The monoisotopic (exact) mass is 325 g/mol. The first-order valence-corrected chi connectivity index (χ1v) is 8.51. The minimum Gasteiger partial charge on any atom is -0.325 e. The molecule has 0 atom stereocenters. The lowest BCUT2D eigenvalue weighted by molar-refractivity contribution is -0.113. The number of nitrogens with one attached hydrogen (secondary N) is 1. The number of Topliss-reactive ketones (excluding diaryl/α,β-unsaturated/α-hetero) is 1. The van der Waals surface area contributed by atoms with Crippen molar-refractivity contribution in [2.75, 3.05) is 16.8 Å². The zero-order valence-corrected chi connectivity index (χ0v) is 13.8. The normalized spacial score (nSPS) is 10.7. The van der Waals surface area contributed by atoms with Gasteiger partial charge in [0.2, 0.25) is 5.91 Å². The van der Waals surface area contributed by atoms with Gasteiger partial charge in [0.1, 0.15) is 0 Å². The van der Waals surface area contributed by atoms with Gasteiger partial charge in [0.05, 0.1) is 5.75 Å². The Bertz CT molecular complexity index is 678. The highest BCUT2D eigenvalue weighted by atomic mass is 32.2. The van der Waals surface area contributed by atoms with Crippen molar-refractivity contribution in [3.05, 3.63) is 71.8 Å². The van der Waals surface area contributed by atoms with Crippen LogP contribution in [0.1, 0.15) is 22.8 Å². The Morgan fingerprint density at radius 2 is 1.74 bits per heavy atom. The molecule has 2 aromatic carbocycles. The van der Waals surface area contributed by atoms with Gasteiger partial charge in [-0.3, -0.25) is 9.59 Å². The molecule has 0 heterocycles. The summed E-state index contributed by atoms with van der Waals surface area (Å²) in [4.78, 5) is 23.0. The maximum atomic E-state index is 11.8. The summed E-state index contributed by atoms with van der Waals surface area (Å²) in [6.07, 6.45) is 4.10. The van der Waals surface area contributed by atoms with Crippen LogP contribution in [0.5, 0.6) is 0 Å². The van der Waals surface area contributed by atoms with Crippen molar-refractivity contribution in [1.82, 2.24) is 0 Å². The van der Waals surface area contributed by atoms with Crippen LogP contribution in [0.2, 0.25) is 0 Å². The Morgan fingerprint density at radius 3 is 2.39 bits per heavy atom. The topological polar surface area (TPSA) is 46.2 Å². The highest BCUT2D eigenvalue weighted by Gasteiger charge is 2.03. The highest BCUT2D eigenvalue weighted by molar-refractivity contribution is 8.00. The van der Waals surface area contributed by atoms with E-state index in [1.807, 2.05) is 36.4 Å². The second kappa shape index (κ2) is 8.96. The lowest BCUT2D eigenvalue weighted by Crippen LogP contribution is -2.14. The van der Waals surface area contributed by atoms with Gasteiger partial charge in [-0.15, -0.1) is 11.8 Å². The third-order valence-electron chi connectivity index (χ3n) is 3.13. The van der Waals surface area contributed by atoms with Crippen molar-refractivity contribution < 1.29 is 9.59 Å². The smallest absolute Gasteiger partial charge is 0.234 e. The average molecular weight is 325 g/mol. The summed E-state index contributed by atoms with van der Waals surface area (Å²) in [5.41, 5.74) is 2.51. The van der Waals surface area contributed by atoms with Gasteiger partial charge in [0, 0.05) is 17.0 Å². The number of hydrogen-bond donors (Lipinski definition) is 1. The Kier molecular flexibility index (Phi) is 6.63. The molecule has 118 valence electrons. The standard InChI is InChI=1S/C19H19NO2S/c1-15(21)17-9-11-18(12-10-17)20-19(22)14-23-13-5-8-16-6-3-2-4-7-16/h2-12H,13-14H2,1H3,(H,20,22)/b8-5+.